The van der Waals surface area contributed by atoms with E-state index in [0.29, 0.717) is 22.7 Å². The van der Waals surface area contributed by atoms with Crippen LogP contribution in [0.3, 0.4) is 0 Å². The summed E-state index contributed by atoms with van der Waals surface area (Å²) in [5, 5.41) is 5.59. The van der Waals surface area contributed by atoms with Gasteiger partial charge < -0.3 is 10.6 Å². The van der Waals surface area contributed by atoms with Crippen molar-refractivity contribution in [2.45, 2.75) is 37.0 Å². The van der Waals surface area contributed by atoms with Crippen molar-refractivity contribution in [3.05, 3.63) is 89.0 Å². The number of carbonyl (C=O) groups is 1. The van der Waals surface area contributed by atoms with Gasteiger partial charge in [0, 0.05) is 11.3 Å². The van der Waals surface area contributed by atoms with E-state index in [-0.39, 0.29) is 16.5 Å². The molecule has 3 aromatic rings. The number of hydrogen-bond donors (Lipinski definition) is 3. The van der Waals surface area contributed by atoms with E-state index in [1.165, 1.54) is 24.3 Å². The Morgan fingerprint density at radius 1 is 0.971 bits per heavy atom. The van der Waals surface area contributed by atoms with Gasteiger partial charge in [0.15, 0.2) is 0 Å². The van der Waals surface area contributed by atoms with Crippen LogP contribution in [0.4, 0.5) is 24.5 Å². The highest BCUT2D eigenvalue weighted by Gasteiger charge is 2.35. The average molecular weight is 490 g/mol. The molecular formula is C24H22F3N3O3S. The normalized spacial score (nSPS) is 17.1. The van der Waals surface area contributed by atoms with Crippen molar-refractivity contribution in [1.82, 2.24) is 4.72 Å². The van der Waals surface area contributed by atoms with Gasteiger partial charge in [-0.3, -0.25) is 4.79 Å². The van der Waals surface area contributed by atoms with Crippen LogP contribution in [0.5, 0.6) is 0 Å². The van der Waals surface area contributed by atoms with Gasteiger partial charge in [0.2, 0.25) is 10.0 Å². The fourth-order valence-corrected chi connectivity index (χ4v) is 4.88. The summed E-state index contributed by atoms with van der Waals surface area (Å²) in [6.07, 6.45) is -5.60. The highest BCUT2D eigenvalue weighted by atomic mass is 32.2. The summed E-state index contributed by atoms with van der Waals surface area (Å²) >= 11 is 0. The summed E-state index contributed by atoms with van der Waals surface area (Å²) < 4.78 is 66.8. The third-order valence-corrected chi connectivity index (χ3v) is 6.99. The van der Waals surface area contributed by atoms with Gasteiger partial charge in [-0.1, -0.05) is 38.1 Å². The Balaban J connectivity index is 1.52. The number of amides is 1. The molecule has 0 bridgehead atoms. The monoisotopic (exact) mass is 489 g/mol. The Kier molecular flexibility index (Phi) is 6.13. The third kappa shape index (κ3) is 4.92. The first-order valence-electron chi connectivity index (χ1n) is 10.5. The molecule has 1 amide bonds. The summed E-state index contributed by atoms with van der Waals surface area (Å²) in [5.74, 6) is 0.0244. The van der Waals surface area contributed by atoms with Crippen LogP contribution in [0.2, 0.25) is 0 Å². The van der Waals surface area contributed by atoms with Gasteiger partial charge in [-0.2, -0.15) is 17.9 Å². The topological polar surface area (TPSA) is 87.3 Å². The number of nitrogens with one attached hydrogen (secondary N) is 3. The Morgan fingerprint density at radius 3 is 2.21 bits per heavy atom. The van der Waals surface area contributed by atoms with E-state index >= 15 is 0 Å². The second-order valence-corrected chi connectivity index (χ2v) is 9.94. The Labute approximate surface area is 195 Å². The number of fused-ring (bicyclic) bond motifs is 1. The molecule has 0 saturated heterocycles. The van der Waals surface area contributed by atoms with E-state index in [4.69, 9.17) is 0 Å². The lowest BCUT2D eigenvalue weighted by Gasteiger charge is -2.29. The van der Waals surface area contributed by atoms with Gasteiger partial charge in [0.05, 0.1) is 11.3 Å². The highest BCUT2D eigenvalue weighted by molar-refractivity contribution is 7.89. The minimum atomic E-state index is -4.61. The lowest BCUT2D eigenvalue weighted by Crippen LogP contribution is -2.38. The standard InChI is InChI=1S/C24H22F3N3O3S/c1-14(2)15-7-10-19(11-8-15)28-23(31)17-5-3-16(4-6-17)22-29-20-13-18(24(25,26)27)9-12-21(20)34(32,33)30-22/h3-14,22,29-30H,1-2H3,(H,28,31)/t22-/m1/s1. The molecular weight excluding hydrogens is 467 g/mol. The van der Waals surface area contributed by atoms with E-state index in [1.807, 2.05) is 24.3 Å². The molecule has 34 heavy (non-hydrogen) atoms. The number of halogens is 3. The third-order valence-electron chi connectivity index (χ3n) is 5.51. The van der Waals surface area contributed by atoms with Gasteiger partial charge in [-0.15, -0.1) is 0 Å². The molecule has 1 atom stereocenters. The van der Waals surface area contributed by atoms with Crippen molar-refractivity contribution in [3.63, 3.8) is 0 Å². The molecule has 6 nitrogen and oxygen atoms in total. The maximum atomic E-state index is 13.1. The molecule has 4 rings (SSSR count). The molecule has 0 saturated carbocycles. The molecule has 0 fully saturated rings. The number of carbonyl (C=O) groups excluding carboxylic acids is 1. The molecule has 0 radical (unpaired) electrons. The highest BCUT2D eigenvalue weighted by Crippen LogP contribution is 2.37. The molecule has 10 heteroatoms. The van der Waals surface area contributed by atoms with Gasteiger partial charge in [0.1, 0.15) is 11.1 Å². The van der Waals surface area contributed by atoms with Crippen LogP contribution < -0.4 is 15.4 Å². The zero-order chi connectivity index (χ0) is 24.7. The number of benzene rings is 3. The SMILES string of the molecule is CC(C)c1ccc(NC(=O)c2ccc([C@@H]3Nc4cc(C(F)(F)F)ccc4S(=O)(=O)N3)cc2)cc1. The summed E-state index contributed by atoms with van der Waals surface area (Å²) in [6, 6.07) is 16.0. The minimum Gasteiger partial charge on any atom is -0.364 e. The molecule has 0 unspecified atom stereocenters. The Morgan fingerprint density at radius 2 is 1.62 bits per heavy atom. The Bertz CT molecular complexity index is 1320. The quantitative estimate of drug-likeness (QED) is 0.453. The van der Waals surface area contributed by atoms with Crippen molar-refractivity contribution < 1.29 is 26.4 Å². The molecule has 3 aromatic carbocycles. The van der Waals surface area contributed by atoms with E-state index in [1.54, 1.807) is 0 Å². The van der Waals surface area contributed by atoms with Crippen LogP contribution in [0.25, 0.3) is 0 Å². The van der Waals surface area contributed by atoms with Crippen molar-refractivity contribution in [2.75, 3.05) is 10.6 Å². The van der Waals surface area contributed by atoms with Crippen LogP contribution in [0.1, 0.15) is 53.0 Å². The van der Waals surface area contributed by atoms with Crippen LogP contribution in [0, 0.1) is 0 Å². The van der Waals surface area contributed by atoms with Gasteiger partial charge in [0.25, 0.3) is 5.91 Å². The minimum absolute atomic E-state index is 0.148. The van der Waals surface area contributed by atoms with Crippen LogP contribution in [0.15, 0.2) is 71.6 Å². The van der Waals surface area contributed by atoms with E-state index in [0.717, 1.165) is 23.8 Å². The first-order valence-corrected chi connectivity index (χ1v) is 11.9. The molecule has 0 aliphatic carbocycles. The molecule has 1 aliphatic rings. The van der Waals surface area contributed by atoms with Crippen LogP contribution >= 0.6 is 0 Å². The molecule has 3 N–H and O–H groups in total. The van der Waals surface area contributed by atoms with Gasteiger partial charge in [-0.05, 0) is 59.5 Å². The summed E-state index contributed by atoms with van der Waals surface area (Å²) in [5.41, 5.74) is 1.46. The number of rotatable bonds is 4. The van der Waals surface area contributed by atoms with E-state index < -0.39 is 27.9 Å². The molecule has 0 aromatic heterocycles. The lowest BCUT2D eigenvalue weighted by molar-refractivity contribution is -0.137. The first-order chi connectivity index (χ1) is 15.9. The Hall–Kier alpha value is -3.37. The van der Waals surface area contributed by atoms with Crippen LogP contribution in [-0.2, 0) is 16.2 Å². The zero-order valence-electron chi connectivity index (χ0n) is 18.3. The van der Waals surface area contributed by atoms with Crippen molar-refractivity contribution >= 4 is 27.3 Å². The fraction of sp³-hybridized carbons (Fsp3) is 0.208. The van der Waals surface area contributed by atoms with Gasteiger partial charge in [-0.25, -0.2) is 8.42 Å². The summed E-state index contributed by atoms with van der Waals surface area (Å²) in [7, 11) is -4.04. The fourth-order valence-electron chi connectivity index (χ4n) is 3.59. The lowest BCUT2D eigenvalue weighted by atomic mass is 10.0. The smallest absolute Gasteiger partial charge is 0.364 e. The zero-order valence-corrected chi connectivity index (χ0v) is 19.1. The number of sulfonamides is 1. The second-order valence-electron chi connectivity index (χ2n) is 8.26. The average Bonchev–Trinajstić information content (AvgIpc) is 2.78. The maximum Gasteiger partial charge on any atom is 0.416 e. The largest absolute Gasteiger partial charge is 0.416 e. The summed E-state index contributed by atoms with van der Waals surface area (Å²) in [4.78, 5) is 12.3. The molecule has 0 spiro atoms. The first kappa shape index (κ1) is 23.8. The van der Waals surface area contributed by atoms with E-state index in [2.05, 4.69) is 29.2 Å². The van der Waals surface area contributed by atoms with Crippen LogP contribution in [-0.4, -0.2) is 14.3 Å². The maximum absolute atomic E-state index is 13.1. The van der Waals surface area contributed by atoms with Crippen molar-refractivity contribution in [3.8, 4) is 0 Å². The number of hydrogen-bond acceptors (Lipinski definition) is 4. The predicted molar refractivity (Wildman–Crippen MR) is 123 cm³/mol. The number of alkyl halides is 3. The summed E-state index contributed by atoms with van der Waals surface area (Å²) in [6.45, 7) is 4.15. The van der Waals surface area contributed by atoms with Gasteiger partial charge >= 0.3 is 6.18 Å². The van der Waals surface area contributed by atoms with E-state index in [9.17, 15) is 26.4 Å². The number of anilines is 2. The van der Waals surface area contributed by atoms with Crippen molar-refractivity contribution in [1.29, 1.82) is 0 Å². The molecule has 1 heterocycles. The predicted octanol–water partition coefficient (Wildman–Crippen LogP) is 5.48. The molecule has 1 aliphatic heterocycles. The molecule has 178 valence electrons. The van der Waals surface area contributed by atoms with Crippen molar-refractivity contribution in [2.24, 2.45) is 0 Å². The second kappa shape index (κ2) is 8.77.